The fraction of sp³-hybridized carbons (Fsp3) is 0.111. The van der Waals surface area contributed by atoms with E-state index in [0.29, 0.717) is 18.5 Å². The topological polar surface area (TPSA) is 56.0 Å². The van der Waals surface area contributed by atoms with Gasteiger partial charge in [-0.25, -0.2) is 0 Å². The number of ketones is 1. The highest BCUT2D eigenvalue weighted by Gasteiger charge is 2.12. The Morgan fingerprint density at radius 1 is 0.952 bits per heavy atom. The highest BCUT2D eigenvalue weighted by atomic mass is 16.1. The molecule has 0 aliphatic rings. The molecular formula is C18H16N2O. The van der Waals surface area contributed by atoms with Crippen molar-refractivity contribution in [3.05, 3.63) is 77.5 Å². The Balaban J connectivity index is 1.98. The van der Waals surface area contributed by atoms with Gasteiger partial charge in [0.1, 0.15) is 0 Å². The van der Waals surface area contributed by atoms with Gasteiger partial charge in [-0.2, -0.15) is 0 Å². The van der Waals surface area contributed by atoms with Gasteiger partial charge >= 0.3 is 0 Å². The number of hydrogen-bond acceptors (Lipinski definition) is 3. The van der Waals surface area contributed by atoms with E-state index in [1.54, 1.807) is 6.20 Å². The summed E-state index contributed by atoms with van der Waals surface area (Å²) in [5.74, 6) is 0.0921. The van der Waals surface area contributed by atoms with Crippen molar-refractivity contribution in [2.75, 3.05) is 0 Å². The second-order valence-corrected chi connectivity index (χ2v) is 4.95. The molecule has 3 heteroatoms. The summed E-state index contributed by atoms with van der Waals surface area (Å²) < 4.78 is 0. The van der Waals surface area contributed by atoms with Gasteiger partial charge in [-0.05, 0) is 23.3 Å². The van der Waals surface area contributed by atoms with Crippen molar-refractivity contribution in [2.45, 2.75) is 13.0 Å². The van der Waals surface area contributed by atoms with E-state index in [4.69, 9.17) is 5.73 Å². The third kappa shape index (κ3) is 2.69. The van der Waals surface area contributed by atoms with E-state index < -0.39 is 0 Å². The first-order valence-electron chi connectivity index (χ1n) is 6.93. The van der Waals surface area contributed by atoms with E-state index in [1.807, 2.05) is 54.6 Å². The van der Waals surface area contributed by atoms with Gasteiger partial charge in [0.05, 0.1) is 5.52 Å². The van der Waals surface area contributed by atoms with E-state index in [0.717, 1.165) is 22.0 Å². The standard InChI is InChI=1S/C18H16N2O/c19-12-14-6-2-1-5-13(14)11-18(21)16-7-3-9-17-15(16)8-4-10-20-17/h1-10H,11-12,19H2. The molecule has 1 heterocycles. The van der Waals surface area contributed by atoms with Crippen LogP contribution in [0.2, 0.25) is 0 Å². The maximum atomic E-state index is 12.6. The first kappa shape index (κ1) is 13.5. The summed E-state index contributed by atoms with van der Waals surface area (Å²) in [4.78, 5) is 16.9. The monoisotopic (exact) mass is 276 g/mol. The molecule has 0 saturated carbocycles. The predicted octanol–water partition coefficient (Wildman–Crippen LogP) is 3.12. The molecule has 0 aliphatic heterocycles. The number of benzene rings is 2. The van der Waals surface area contributed by atoms with Gasteiger partial charge in [0, 0.05) is 30.1 Å². The summed E-state index contributed by atoms with van der Waals surface area (Å²) >= 11 is 0. The molecule has 0 radical (unpaired) electrons. The lowest BCUT2D eigenvalue weighted by Crippen LogP contribution is -2.08. The van der Waals surface area contributed by atoms with Crippen molar-refractivity contribution in [3.63, 3.8) is 0 Å². The highest BCUT2D eigenvalue weighted by Crippen LogP contribution is 2.19. The zero-order chi connectivity index (χ0) is 14.7. The molecule has 0 amide bonds. The van der Waals surface area contributed by atoms with Crippen LogP contribution >= 0.6 is 0 Å². The van der Waals surface area contributed by atoms with Gasteiger partial charge in [0.2, 0.25) is 0 Å². The molecule has 2 N–H and O–H groups in total. The van der Waals surface area contributed by atoms with E-state index in [-0.39, 0.29) is 5.78 Å². The molecule has 21 heavy (non-hydrogen) atoms. The lowest BCUT2D eigenvalue weighted by molar-refractivity contribution is 0.0994. The van der Waals surface area contributed by atoms with Gasteiger partial charge in [0.25, 0.3) is 0 Å². The molecular weight excluding hydrogens is 260 g/mol. The first-order valence-corrected chi connectivity index (χ1v) is 6.93. The summed E-state index contributed by atoms with van der Waals surface area (Å²) in [6.07, 6.45) is 2.10. The quantitative estimate of drug-likeness (QED) is 0.745. The van der Waals surface area contributed by atoms with Crippen molar-refractivity contribution in [1.29, 1.82) is 0 Å². The summed E-state index contributed by atoms with van der Waals surface area (Å²) in [5, 5.41) is 0.898. The molecule has 0 atom stereocenters. The maximum Gasteiger partial charge on any atom is 0.167 e. The van der Waals surface area contributed by atoms with Crippen molar-refractivity contribution in [2.24, 2.45) is 5.73 Å². The lowest BCUT2D eigenvalue weighted by atomic mass is 9.96. The molecule has 0 fully saturated rings. The molecule has 0 aliphatic carbocycles. The number of carbonyl (C=O) groups excluding carboxylic acids is 1. The number of Topliss-reactive ketones (excluding diaryl/α,β-unsaturated/α-hetero) is 1. The number of fused-ring (bicyclic) bond motifs is 1. The summed E-state index contributed by atoms with van der Waals surface area (Å²) in [6.45, 7) is 0.445. The minimum Gasteiger partial charge on any atom is -0.326 e. The Labute approximate surface area is 123 Å². The van der Waals surface area contributed by atoms with Crippen LogP contribution in [0.15, 0.2) is 60.8 Å². The van der Waals surface area contributed by atoms with Gasteiger partial charge in [0.15, 0.2) is 5.78 Å². The smallest absolute Gasteiger partial charge is 0.167 e. The van der Waals surface area contributed by atoms with Crippen LogP contribution in [-0.2, 0) is 13.0 Å². The molecule has 2 aromatic carbocycles. The van der Waals surface area contributed by atoms with E-state index in [9.17, 15) is 4.79 Å². The zero-order valence-electron chi connectivity index (χ0n) is 11.6. The summed E-state index contributed by atoms with van der Waals surface area (Å²) in [7, 11) is 0. The molecule has 3 aromatic rings. The number of rotatable bonds is 4. The molecule has 3 nitrogen and oxygen atoms in total. The summed E-state index contributed by atoms with van der Waals surface area (Å²) in [6, 6.07) is 17.2. The van der Waals surface area contributed by atoms with Crippen LogP contribution in [0.3, 0.4) is 0 Å². The second kappa shape index (κ2) is 5.85. The normalized spacial score (nSPS) is 10.7. The average molecular weight is 276 g/mol. The number of hydrogen-bond donors (Lipinski definition) is 1. The van der Waals surface area contributed by atoms with Gasteiger partial charge in [-0.15, -0.1) is 0 Å². The number of pyridine rings is 1. The van der Waals surface area contributed by atoms with Gasteiger partial charge in [-0.1, -0.05) is 42.5 Å². The molecule has 3 rings (SSSR count). The number of nitrogens with two attached hydrogens (primary N) is 1. The van der Waals surface area contributed by atoms with Crippen molar-refractivity contribution >= 4 is 16.7 Å². The Bertz CT molecular complexity index is 791. The third-order valence-corrected chi connectivity index (χ3v) is 3.64. The fourth-order valence-corrected chi connectivity index (χ4v) is 2.54. The van der Waals surface area contributed by atoms with Crippen LogP contribution in [0.4, 0.5) is 0 Å². The van der Waals surface area contributed by atoms with Crippen LogP contribution in [0.5, 0.6) is 0 Å². The van der Waals surface area contributed by atoms with Crippen molar-refractivity contribution in [3.8, 4) is 0 Å². The lowest BCUT2D eigenvalue weighted by Gasteiger charge is -2.08. The third-order valence-electron chi connectivity index (χ3n) is 3.64. The predicted molar refractivity (Wildman–Crippen MR) is 84.1 cm³/mol. The van der Waals surface area contributed by atoms with Gasteiger partial charge in [-0.3, -0.25) is 9.78 Å². The Morgan fingerprint density at radius 3 is 2.57 bits per heavy atom. The van der Waals surface area contributed by atoms with Crippen molar-refractivity contribution in [1.82, 2.24) is 4.98 Å². The van der Waals surface area contributed by atoms with Crippen LogP contribution in [-0.4, -0.2) is 10.8 Å². The molecule has 0 unspecified atom stereocenters. The SMILES string of the molecule is NCc1ccccc1CC(=O)c1cccc2ncccc12. The van der Waals surface area contributed by atoms with Crippen molar-refractivity contribution < 1.29 is 4.79 Å². The number of carbonyl (C=O) groups is 1. The van der Waals surface area contributed by atoms with Crippen LogP contribution < -0.4 is 5.73 Å². The Morgan fingerprint density at radius 2 is 1.76 bits per heavy atom. The minimum absolute atomic E-state index is 0.0921. The molecule has 0 saturated heterocycles. The molecule has 0 bridgehead atoms. The fourth-order valence-electron chi connectivity index (χ4n) is 2.54. The number of aromatic nitrogens is 1. The van der Waals surface area contributed by atoms with E-state index in [2.05, 4.69) is 4.98 Å². The van der Waals surface area contributed by atoms with Crippen LogP contribution in [0.25, 0.3) is 10.9 Å². The molecule has 104 valence electrons. The minimum atomic E-state index is 0.0921. The Kier molecular flexibility index (Phi) is 3.75. The average Bonchev–Trinajstić information content (AvgIpc) is 2.54. The molecule has 0 spiro atoms. The molecule has 1 aromatic heterocycles. The number of nitrogens with zero attached hydrogens (tertiary/aromatic N) is 1. The summed E-state index contributed by atoms with van der Waals surface area (Å²) in [5.41, 5.74) is 9.30. The largest absolute Gasteiger partial charge is 0.326 e. The van der Waals surface area contributed by atoms with Gasteiger partial charge < -0.3 is 5.73 Å². The second-order valence-electron chi connectivity index (χ2n) is 4.95. The van der Waals surface area contributed by atoms with E-state index in [1.165, 1.54) is 0 Å². The maximum absolute atomic E-state index is 12.6. The van der Waals surface area contributed by atoms with Crippen LogP contribution in [0.1, 0.15) is 21.5 Å². The Hall–Kier alpha value is -2.52. The zero-order valence-corrected chi connectivity index (χ0v) is 11.6. The van der Waals surface area contributed by atoms with Crippen LogP contribution in [0, 0.1) is 0 Å². The first-order chi connectivity index (χ1) is 10.3. The van der Waals surface area contributed by atoms with E-state index >= 15 is 0 Å². The highest BCUT2D eigenvalue weighted by molar-refractivity contribution is 6.08.